The monoisotopic (exact) mass is 878 g/mol. The first-order chi connectivity index (χ1) is 34.2. The molecule has 0 N–H and O–H groups in total. The molecule has 5 heteroatoms. The molecule has 15 rings (SSSR count). The lowest BCUT2D eigenvalue weighted by molar-refractivity contribution is 0.669. The maximum atomic E-state index is 7.01. The van der Waals surface area contributed by atoms with Gasteiger partial charge in [-0.15, -0.1) is 0 Å². The van der Waals surface area contributed by atoms with E-state index in [4.69, 9.17) is 19.4 Å². The lowest BCUT2D eigenvalue weighted by Crippen LogP contribution is -2.25. The molecule has 0 fully saturated rings. The summed E-state index contributed by atoms with van der Waals surface area (Å²) in [6.45, 7) is 0. The predicted molar refractivity (Wildman–Crippen MR) is 279 cm³/mol. The molecule has 0 atom stereocenters. The molecule has 69 heavy (non-hydrogen) atoms. The Morgan fingerprint density at radius 2 is 0.884 bits per heavy atom. The van der Waals surface area contributed by atoms with Crippen molar-refractivity contribution in [2.45, 2.75) is 5.41 Å². The standard InChI is InChI=1S/C64H38N4O/c1-3-18-39(19-4-1)41-22-17-23-42(36-41)62-65-61(40-20-5-2-6-21-40)66-63(67-62)48-34-35-56(59-47-28-11-16-33-58(47)69-60(48)59)68-55-32-15-10-27-46(55)50-37-54-49(38-57(50)68)45-26-9-14-31-53(45)64(54)51-29-12-7-24-43(51)44-25-8-13-30-52(44)64/h1-38H. The Labute approximate surface area is 397 Å². The van der Waals surface area contributed by atoms with Crippen LogP contribution in [0.5, 0.6) is 0 Å². The quantitative estimate of drug-likeness (QED) is 0.173. The summed E-state index contributed by atoms with van der Waals surface area (Å²) in [5.41, 5.74) is 19.6. The highest BCUT2D eigenvalue weighted by molar-refractivity contribution is 6.17. The highest BCUT2D eigenvalue weighted by Gasteiger charge is 2.51. The molecule has 3 heterocycles. The van der Waals surface area contributed by atoms with Gasteiger partial charge in [0.15, 0.2) is 17.5 Å². The molecule has 0 saturated carbocycles. The van der Waals surface area contributed by atoms with Crippen molar-refractivity contribution in [3.8, 4) is 73.2 Å². The number of hydrogen-bond acceptors (Lipinski definition) is 4. The van der Waals surface area contributed by atoms with Crippen LogP contribution in [0.1, 0.15) is 22.3 Å². The summed E-state index contributed by atoms with van der Waals surface area (Å²) in [5.74, 6) is 1.72. The molecule has 5 nitrogen and oxygen atoms in total. The number of benzene rings is 10. The molecule has 0 aliphatic heterocycles. The third kappa shape index (κ3) is 5.32. The van der Waals surface area contributed by atoms with Crippen LogP contribution in [-0.4, -0.2) is 19.5 Å². The van der Waals surface area contributed by atoms with Crippen molar-refractivity contribution in [2.24, 2.45) is 0 Å². The van der Waals surface area contributed by atoms with Crippen molar-refractivity contribution in [2.75, 3.05) is 0 Å². The molecular formula is C64H38N4O. The smallest absolute Gasteiger partial charge is 0.167 e. The number of para-hydroxylation sites is 2. The summed E-state index contributed by atoms with van der Waals surface area (Å²) in [4.78, 5) is 15.6. The first-order valence-electron chi connectivity index (χ1n) is 23.5. The minimum absolute atomic E-state index is 0.447. The maximum Gasteiger partial charge on any atom is 0.167 e. The third-order valence-electron chi connectivity index (χ3n) is 14.7. The zero-order valence-corrected chi connectivity index (χ0v) is 37.1. The first kappa shape index (κ1) is 38.0. The molecule has 0 saturated heterocycles. The fraction of sp³-hybridized carbons (Fsp3) is 0.0156. The van der Waals surface area contributed by atoms with Gasteiger partial charge in [-0.3, -0.25) is 0 Å². The van der Waals surface area contributed by atoms with Crippen LogP contribution in [0.4, 0.5) is 0 Å². The largest absolute Gasteiger partial charge is 0.455 e. The van der Waals surface area contributed by atoms with Gasteiger partial charge in [-0.25, -0.2) is 15.0 Å². The molecule has 2 aliphatic carbocycles. The molecule has 0 unspecified atom stereocenters. The summed E-state index contributed by atoms with van der Waals surface area (Å²) in [6, 6.07) is 82.6. The second-order valence-corrected chi connectivity index (χ2v) is 18.2. The molecule has 0 bridgehead atoms. The number of furan rings is 1. The molecule has 0 amide bonds. The highest BCUT2D eigenvalue weighted by atomic mass is 16.3. The van der Waals surface area contributed by atoms with Crippen molar-refractivity contribution >= 4 is 43.7 Å². The molecule has 0 radical (unpaired) electrons. The lowest BCUT2D eigenvalue weighted by Gasteiger charge is -2.30. The number of aromatic nitrogens is 4. The second-order valence-electron chi connectivity index (χ2n) is 18.2. The van der Waals surface area contributed by atoms with Crippen LogP contribution in [-0.2, 0) is 5.41 Å². The zero-order chi connectivity index (χ0) is 45.2. The SMILES string of the molecule is c1ccc(-c2cccc(-c3nc(-c4ccccc4)nc(-c4ccc(-n5c6ccccc6c6cc7c(cc65)-c5ccccc5C75c6ccccc6-c6ccccc65)c5c4oc4ccccc45)n3)c2)cc1. The van der Waals surface area contributed by atoms with Gasteiger partial charge in [-0.05, 0) is 98.1 Å². The van der Waals surface area contributed by atoms with Crippen LogP contribution in [0.25, 0.3) is 117 Å². The van der Waals surface area contributed by atoms with Crippen LogP contribution in [0.15, 0.2) is 235 Å². The average molecular weight is 879 g/mol. The zero-order valence-electron chi connectivity index (χ0n) is 37.1. The summed E-state index contributed by atoms with van der Waals surface area (Å²) < 4.78 is 9.46. The molecule has 2 aliphatic rings. The van der Waals surface area contributed by atoms with E-state index in [9.17, 15) is 0 Å². The van der Waals surface area contributed by atoms with Crippen molar-refractivity contribution in [1.29, 1.82) is 0 Å². The van der Waals surface area contributed by atoms with Crippen LogP contribution < -0.4 is 0 Å². The van der Waals surface area contributed by atoms with Gasteiger partial charge < -0.3 is 8.98 Å². The van der Waals surface area contributed by atoms with Crippen molar-refractivity contribution in [3.05, 3.63) is 253 Å². The Balaban J connectivity index is 0.990. The van der Waals surface area contributed by atoms with Gasteiger partial charge in [0.2, 0.25) is 0 Å². The van der Waals surface area contributed by atoms with E-state index in [1.807, 2.05) is 42.5 Å². The van der Waals surface area contributed by atoms with Gasteiger partial charge in [-0.2, -0.15) is 0 Å². The van der Waals surface area contributed by atoms with Gasteiger partial charge in [-0.1, -0.05) is 188 Å². The van der Waals surface area contributed by atoms with Gasteiger partial charge >= 0.3 is 0 Å². The van der Waals surface area contributed by atoms with Gasteiger partial charge in [0, 0.05) is 27.3 Å². The molecule has 320 valence electrons. The predicted octanol–water partition coefficient (Wildman–Crippen LogP) is 15.9. The van der Waals surface area contributed by atoms with E-state index in [1.165, 1.54) is 55.3 Å². The first-order valence-corrected chi connectivity index (χ1v) is 23.5. The second kappa shape index (κ2) is 14.4. The Hall–Kier alpha value is -9.19. The van der Waals surface area contributed by atoms with Crippen LogP contribution in [0.3, 0.4) is 0 Å². The van der Waals surface area contributed by atoms with Crippen LogP contribution in [0.2, 0.25) is 0 Å². The van der Waals surface area contributed by atoms with Crippen molar-refractivity contribution in [3.63, 3.8) is 0 Å². The topological polar surface area (TPSA) is 56.7 Å². The fourth-order valence-electron chi connectivity index (χ4n) is 11.8. The Bertz CT molecular complexity index is 4210. The normalized spacial score (nSPS) is 13.0. The minimum atomic E-state index is -0.447. The average Bonchev–Trinajstić information content (AvgIpc) is 4.14. The van der Waals surface area contributed by atoms with E-state index in [1.54, 1.807) is 0 Å². The molecular weight excluding hydrogens is 841 g/mol. The number of hydrogen-bond donors (Lipinski definition) is 0. The Morgan fingerprint density at radius 3 is 1.61 bits per heavy atom. The molecule has 3 aromatic heterocycles. The summed E-state index contributed by atoms with van der Waals surface area (Å²) in [5, 5.41) is 4.42. The molecule has 10 aromatic carbocycles. The number of rotatable bonds is 5. The van der Waals surface area contributed by atoms with E-state index in [-0.39, 0.29) is 0 Å². The van der Waals surface area contributed by atoms with E-state index >= 15 is 0 Å². The maximum absolute atomic E-state index is 7.01. The summed E-state index contributed by atoms with van der Waals surface area (Å²) in [7, 11) is 0. The van der Waals surface area contributed by atoms with E-state index in [2.05, 4.69) is 193 Å². The third-order valence-corrected chi connectivity index (χ3v) is 14.7. The van der Waals surface area contributed by atoms with E-state index in [0.717, 1.165) is 66.5 Å². The summed E-state index contributed by atoms with van der Waals surface area (Å²) in [6.07, 6.45) is 0. The molecule has 13 aromatic rings. The van der Waals surface area contributed by atoms with E-state index < -0.39 is 5.41 Å². The Morgan fingerprint density at radius 1 is 0.333 bits per heavy atom. The Kier molecular flexibility index (Phi) is 7.93. The van der Waals surface area contributed by atoms with E-state index in [0.29, 0.717) is 17.5 Å². The minimum Gasteiger partial charge on any atom is -0.455 e. The summed E-state index contributed by atoms with van der Waals surface area (Å²) >= 11 is 0. The number of nitrogens with zero attached hydrogens (tertiary/aromatic N) is 4. The molecule has 1 spiro atoms. The van der Waals surface area contributed by atoms with Crippen molar-refractivity contribution < 1.29 is 4.42 Å². The van der Waals surface area contributed by atoms with Crippen LogP contribution >= 0.6 is 0 Å². The van der Waals surface area contributed by atoms with Gasteiger partial charge in [0.05, 0.1) is 33.1 Å². The van der Waals surface area contributed by atoms with Crippen molar-refractivity contribution in [1.82, 2.24) is 19.5 Å². The van der Waals surface area contributed by atoms with Gasteiger partial charge in [0.1, 0.15) is 11.2 Å². The fourth-order valence-corrected chi connectivity index (χ4v) is 11.8. The van der Waals surface area contributed by atoms with Gasteiger partial charge in [0.25, 0.3) is 0 Å². The van der Waals surface area contributed by atoms with Crippen LogP contribution in [0, 0.1) is 0 Å². The highest BCUT2D eigenvalue weighted by Crippen LogP contribution is 2.63. The lowest BCUT2D eigenvalue weighted by atomic mass is 9.70. The number of fused-ring (bicyclic) bond motifs is 16.